The molecule has 3 atom stereocenters. The van der Waals surface area contributed by atoms with Gasteiger partial charge in [-0.2, -0.15) is 0 Å². The van der Waals surface area contributed by atoms with Gasteiger partial charge in [0.05, 0.1) is 18.1 Å². The van der Waals surface area contributed by atoms with Crippen molar-refractivity contribution in [3.8, 4) is 0 Å². The van der Waals surface area contributed by atoms with Gasteiger partial charge in [0.1, 0.15) is 18.7 Å². The Labute approximate surface area is 189 Å². The largest absolute Gasteiger partial charge is 0.467 e. The third-order valence-electron chi connectivity index (χ3n) is 4.67. The molecule has 176 valence electrons. The van der Waals surface area contributed by atoms with Crippen LogP contribution in [0.15, 0.2) is 54.6 Å². The van der Waals surface area contributed by atoms with Gasteiger partial charge in [-0.25, -0.2) is 9.59 Å². The molecule has 11 heteroatoms. The maximum Gasteiger partial charge on any atom is 0.408 e. The number of para-hydroxylation sites is 1. The average Bonchev–Trinajstić information content (AvgIpc) is 2.80. The smallest absolute Gasteiger partial charge is 0.408 e. The number of nitro benzene ring substituents is 1. The van der Waals surface area contributed by atoms with Crippen LogP contribution in [0.2, 0.25) is 0 Å². The molecule has 0 bridgehead atoms. The standard InChI is InChI=1S/C22H25N3O8/c1-14(26)19(24-22(29)33-13-15-8-4-3-5-9-15)20(27)23-17(21(28)32-2)12-16-10-6-7-11-18(16)25(30)31/h3-11,14,17,19,26H,12-13H2,1-2H3,(H,23,27)(H,24,29)/t14-,17+,19+/m1/s1. The third kappa shape index (κ3) is 7.58. The number of benzene rings is 2. The van der Waals surface area contributed by atoms with Gasteiger partial charge in [0.15, 0.2) is 0 Å². The summed E-state index contributed by atoms with van der Waals surface area (Å²) in [6.45, 7) is 1.22. The van der Waals surface area contributed by atoms with E-state index in [0.29, 0.717) is 0 Å². The molecule has 2 aromatic rings. The summed E-state index contributed by atoms with van der Waals surface area (Å²) in [6.07, 6.45) is -2.52. The summed E-state index contributed by atoms with van der Waals surface area (Å²) in [4.78, 5) is 47.8. The van der Waals surface area contributed by atoms with E-state index in [1.165, 1.54) is 25.1 Å². The second-order valence-electron chi connectivity index (χ2n) is 7.10. The number of hydrogen-bond acceptors (Lipinski definition) is 8. The average molecular weight is 459 g/mol. The number of methoxy groups -OCH3 is 1. The van der Waals surface area contributed by atoms with E-state index in [-0.39, 0.29) is 24.3 Å². The third-order valence-corrected chi connectivity index (χ3v) is 4.67. The molecule has 11 nitrogen and oxygen atoms in total. The molecule has 2 rings (SSSR count). The van der Waals surface area contributed by atoms with Gasteiger partial charge in [-0.1, -0.05) is 48.5 Å². The molecule has 0 aliphatic carbocycles. The van der Waals surface area contributed by atoms with Crippen molar-refractivity contribution in [3.63, 3.8) is 0 Å². The van der Waals surface area contributed by atoms with Crippen molar-refractivity contribution in [1.29, 1.82) is 0 Å². The van der Waals surface area contributed by atoms with Crippen molar-refractivity contribution < 1.29 is 33.9 Å². The number of nitro groups is 1. The molecule has 0 aromatic heterocycles. The lowest BCUT2D eigenvalue weighted by Gasteiger charge is -2.23. The Bertz CT molecular complexity index is 981. The highest BCUT2D eigenvalue weighted by molar-refractivity contribution is 5.90. The summed E-state index contributed by atoms with van der Waals surface area (Å²) < 4.78 is 9.76. The molecule has 0 saturated carbocycles. The molecule has 3 N–H and O–H groups in total. The normalized spacial score (nSPS) is 13.2. The molecular weight excluding hydrogens is 434 g/mol. The van der Waals surface area contributed by atoms with Gasteiger partial charge in [-0.05, 0) is 12.5 Å². The second-order valence-corrected chi connectivity index (χ2v) is 7.10. The Morgan fingerprint density at radius 3 is 2.30 bits per heavy atom. The summed E-state index contributed by atoms with van der Waals surface area (Å²) >= 11 is 0. The van der Waals surface area contributed by atoms with E-state index in [1.807, 2.05) is 0 Å². The van der Waals surface area contributed by atoms with E-state index in [1.54, 1.807) is 36.4 Å². The van der Waals surface area contributed by atoms with Crippen LogP contribution in [-0.4, -0.2) is 53.3 Å². The topological polar surface area (TPSA) is 157 Å². The van der Waals surface area contributed by atoms with Gasteiger partial charge in [0, 0.05) is 18.1 Å². The highest BCUT2D eigenvalue weighted by Gasteiger charge is 2.32. The van der Waals surface area contributed by atoms with Gasteiger partial charge < -0.3 is 25.2 Å². The first-order valence-corrected chi connectivity index (χ1v) is 9.98. The van der Waals surface area contributed by atoms with Crippen LogP contribution in [0.5, 0.6) is 0 Å². The number of hydrogen-bond donors (Lipinski definition) is 3. The molecule has 0 saturated heterocycles. The quantitative estimate of drug-likeness (QED) is 0.274. The van der Waals surface area contributed by atoms with E-state index in [9.17, 15) is 29.6 Å². The summed E-state index contributed by atoms with van der Waals surface area (Å²) in [5.41, 5.74) is 0.693. The zero-order chi connectivity index (χ0) is 24.4. The number of amides is 2. The van der Waals surface area contributed by atoms with E-state index in [0.717, 1.165) is 12.7 Å². The fourth-order valence-electron chi connectivity index (χ4n) is 2.98. The Kier molecular flexibility index (Phi) is 9.30. The van der Waals surface area contributed by atoms with Gasteiger partial charge in [0.2, 0.25) is 5.91 Å². The molecule has 0 spiro atoms. The summed E-state index contributed by atoms with van der Waals surface area (Å²) in [5, 5.41) is 25.9. The molecule has 0 radical (unpaired) electrons. The first kappa shape index (κ1) is 25.3. The lowest BCUT2D eigenvalue weighted by Crippen LogP contribution is -2.56. The van der Waals surface area contributed by atoms with Crippen LogP contribution in [0, 0.1) is 10.1 Å². The van der Waals surface area contributed by atoms with Gasteiger partial charge in [-0.3, -0.25) is 14.9 Å². The van der Waals surface area contributed by atoms with Crippen LogP contribution in [0.3, 0.4) is 0 Å². The van der Waals surface area contributed by atoms with Crippen LogP contribution in [0.1, 0.15) is 18.1 Å². The Morgan fingerprint density at radius 1 is 1.06 bits per heavy atom. The zero-order valence-electron chi connectivity index (χ0n) is 18.1. The van der Waals surface area contributed by atoms with Crippen molar-refractivity contribution >= 4 is 23.7 Å². The second kappa shape index (κ2) is 12.2. The van der Waals surface area contributed by atoms with Crippen molar-refractivity contribution in [1.82, 2.24) is 10.6 Å². The first-order chi connectivity index (χ1) is 15.7. The highest BCUT2D eigenvalue weighted by Crippen LogP contribution is 2.19. The highest BCUT2D eigenvalue weighted by atomic mass is 16.6. The van der Waals surface area contributed by atoms with Crippen molar-refractivity contribution in [3.05, 3.63) is 75.8 Å². The van der Waals surface area contributed by atoms with E-state index in [2.05, 4.69) is 10.6 Å². The van der Waals surface area contributed by atoms with Crippen LogP contribution in [0.25, 0.3) is 0 Å². The molecule has 0 heterocycles. The van der Waals surface area contributed by atoms with E-state index >= 15 is 0 Å². The van der Waals surface area contributed by atoms with Gasteiger partial charge in [0.25, 0.3) is 5.69 Å². The minimum Gasteiger partial charge on any atom is -0.467 e. The number of nitrogens with one attached hydrogen (secondary N) is 2. The van der Waals surface area contributed by atoms with Gasteiger partial charge in [-0.15, -0.1) is 0 Å². The Hall–Kier alpha value is -3.99. The van der Waals surface area contributed by atoms with Crippen molar-refractivity contribution in [2.24, 2.45) is 0 Å². The first-order valence-electron chi connectivity index (χ1n) is 9.98. The van der Waals surface area contributed by atoms with Crippen LogP contribution in [0.4, 0.5) is 10.5 Å². The van der Waals surface area contributed by atoms with Crippen molar-refractivity contribution in [2.75, 3.05) is 7.11 Å². The molecule has 0 fully saturated rings. The van der Waals surface area contributed by atoms with Crippen LogP contribution < -0.4 is 10.6 Å². The number of aliphatic hydroxyl groups is 1. The van der Waals surface area contributed by atoms with Crippen molar-refractivity contribution in [2.45, 2.75) is 38.1 Å². The molecular formula is C22H25N3O8. The number of carbonyl (C=O) groups excluding carboxylic acids is 3. The molecule has 2 aromatic carbocycles. The zero-order valence-corrected chi connectivity index (χ0v) is 18.1. The molecule has 0 unspecified atom stereocenters. The predicted octanol–water partition coefficient (Wildman–Crippen LogP) is 1.47. The summed E-state index contributed by atoms with van der Waals surface area (Å²) in [7, 11) is 1.10. The van der Waals surface area contributed by atoms with Crippen LogP contribution >= 0.6 is 0 Å². The number of aliphatic hydroxyl groups excluding tert-OH is 1. The Morgan fingerprint density at radius 2 is 1.70 bits per heavy atom. The van der Waals surface area contributed by atoms with E-state index in [4.69, 9.17) is 9.47 Å². The molecule has 0 aliphatic rings. The monoisotopic (exact) mass is 459 g/mol. The number of nitrogens with zero attached hydrogens (tertiary/aromatic N) is 1. The van der Waals surface area contributed by atoms with E-state index < -0.39 is 41.1 Å². The minimum absolute atomic E-state index is 0.0523. The Balaban J connectivity index is 2.09. The predicted molar refractivity (Wildman–Crippen MR) is 116 cm³/mol. The maximum absolute atomic E-state index is 12.8. The molecule has 33 heavy (non-hydrogen) atoms. The maximum atomic E-state index is 12.8. The fraction of sp³-hybridized carbons (Fsp3) is 0.318. The summed E-state index contributed by atoms with van der Waals surface area (Å²) in [5.74, 6) is -1.74. The summed E-state index contributed by atoms with van der Waals surface area (Å²) in [6, 6.07) is 11.8. The fourth-order valence-corrected chi connectivity index (χ4v) is 2.98. The number of carbonyl (C=O) groups is 3. The number of ether oxygens (including phenoxy) is 2. The SMILES string of the molecule is COC(=O)[C@H](Cc1ccccc1[N+](=O)[O-])NC(=O)[C@@H](NC(=O)OCc1ccccc1)[C@@H](C)O. The minimum atomic E-state index is -1.45. The van der Waals surface area contributed by atoms with Gasteiger partial charge >= 0.3 is 12.1 Å². The molecule has 2 amide bonds. The molecule has 0 aliphatic heterocycles. The number of esters is 1. The number of rotatable bonds is 10. The van der Waals surface area contributed by atoms with Crippen LogP contribution in [-0.2, 0) is 32.1 Å². The lowest BCUT2D eigenvalue weighted by molar-refractivity contribution is -0.385. The lowest BCUT2D eigenvalue weighted by atomic mass is 10.0. The number of alkyl carbamates (subject to hydrolysis) is 1.